The number of ether oxygens (including phenoxy) is 1. The summed E-state index contributed by atoms with van der Waals surface area (Å²) in [6.07, 6.45) is 3.48. The van der Waals surface area contributed by atoms with Crippen molar-refractivity contribution in [3.05, 3.63) is 36.2 Å². The lowest BCUT2D eigenvalue weighted by atomic mass is 10.2. The first-order chi connectivity index (χ1) is 7.15. The van der Waals surface area contributed by atoms with Crippen LogP contribution in [0.4, 0.5) is 5.69 Å². The van der Waals surface area contributed by atoms with Gasteiger partial charge in [-0.15, -0.1) is 0 Å². The number of aromatic nitrogens is 2. The zero-order valence-corrected chi connectivity index (χ0v) is 8.77. The number of aryl methyl sites for hydroxylation is 2. The molecule has 4 nitrogen and oxygen atoms in total. The van der Waals surface area contributed by atoms with E-state index in [4.69, 9.17) is 10.5 Å². The molecule has 0 saturated heterocycles. The van der Waals surface area contributed by atoms with Gasteiger partial charge in [-0.05, 0) is 30.7 Å². The second-order valence-electron chi connectivity index (χ2n) is 3.47. The maximum atomic E-state index is 5.71. The standard InChI is InChI=1S/C11H13N3O/c1-8-5-9(3-4-11(8)12)15-10-6-13-14(2)7-10/h3-7H,12H2,1-2H3. The van der Waals surface area contributed by atoms with E-state index in [9.17, 15) is 0 Å². The van der Waals surface area contributed by atoms with E-state index in [1.807, 2.05) is 38.4 Å². The largest absolute Gasteiger partial charge is 0.454 e. The van der Waals surface area contributed by atoms with Gasteiger partial charge < -0.3 is 10.5 Å². The van der Waals surface area contributed by atoms with Crippen LogP contribution in [0.2, 0.25) is 0 Å². The van der Waals surface area contributed by atoms with E-state index in [1.54, 1.807) is 10.9 Å². The molecule has 78 valence electrons. The smallest absolute Gasteiger partial charge is 0.165 e. The van der Waals surface area contributed by atoms with Crippen LogP contribution in [0.25, 0.3) is 0 Å². The van der Waals surface area contributed by atoms with E-state index in [2.05, 4.69) is 5.10 Å². The van der Waals surface area contributed by atoms with Gasteiger partial charge in [-0.2, -0.15) is 5.10 Å². The van der Waals surface area contributed by atoms with Gasteiger partial charge >= 0.3 is 0 Å². The van der Waals surface area contributed by atoms with Gasteiger partial charge in [0.2, 0.25) is 0 Å². The van der Waals surface area contributed by atoms with Gasteiger partial charge in [0.1, 0.15) is 5.75 Å². The molecule has 15 heavy (non-hydrogen) atoms. The lowest BCUT2D eigenvalue weighted by Gasteiger charge is -2.05. The normalized spacial score (nSPS) is 10.3. The summed E-state index contributed by atoms with van der Waals surface area (Å²) in [6.45, 7) is 1.95. The van der Waals surface area contributed by atoms with Gasteiger partial charge in [-0.1, -0.05) is 0 Å². The first-order valence-corrected chi connectivity index (χ1v) is 4.68. The van der Waals surface area contributed by atoms with Gasteiger partial charge in [-0.3, -0.25) is 4.68 Å². The summed E-state index contributed by atoms with van der Waals surface area (Å²) in [5, 5.41) is 4.02. The summed E-state index contributed by atoms with van der Waals surface area (Å²) in [5.41, 5.74) is 7.50. The van der Waals surface area contributed by atoms with E-state index < -0.39 is 0 Å². The zero-order chi connectivity index (χ0) is 10.8. The van der Waals surface area contributed by atoms with Crippen molar-refractivity contribution >= 4 is 5.69 Å². The average Bonchev–Trinajstić information content (AvgIpc) is 2.58. The topological polar surface area (TPSA) is 53.1 Å². The molecule has 0 atom stereocenters. The Hall–Kier alpha value is -1.97. The monoisotopic (exact) mass is 203 g/mol. The van der Waals surface area contributed by atoms with E-state index >= 15 is 0 Å². The maximum absolute atomic E-state index is 5.71. The fourth-order valence-corrected chi connectivity index (χ4v) is 1.30. The van der Waals surface area contributed by atoms with Crippen LogP contribution in [0, 0.1) is 6.92 Å². The molecule has 2 N–H and O–H groups in total. The molecule has 0 amide bonds. The van der Waals surface area contributed by atoms with E-state index in [0.717, 1.165) is 22.7 Å². The van der Waals surface area contributed by atoms with Gasteiger partial charge in [0.05, 0.1) is 12.4 Å². The molecule has 1 aromatic heterocycles. The molecule has 0 fully saturated rings. The van der Waals surface area contributed by atoms with Crippen LogP contribution in [0.5, 0.6) is 11.5 Å². The summed E-state index contributed by atoms with van der Waals surface area (Å²) < 4.78 is 7.29. The zero-order valence-electron chi connectivity index (χ0n) is 8.77. The molecule has 0 aliphatic rings. The summed E-state index contributed by atoms with van der Waals surface area (Å²) in [5.74, 6) is 1.50. The molecule has 0 unspecified atom stereocenters. The highest BCUT2D eigenvalue weighted by Gasteiger charge is 2.01. The molecule has 0 spiro atoms. The molecule has 2 rings (SSSR count). The minimum atomic E-state index is 0.724. The van der Waals surface area contributed by atoms with Crippen molar-refractivity contribution in [2.24, 2.45) is 7.05 Å². The molecule has 0 aliphatic heterocycles. The Morgan fingerprint density at radius 3 is 2.73 bits per heavy atom. The van der Waals surface area contributed by atoms with Crippen LogP contribution in [-0.4, -0.2) is 9.78 Å². The lowest BCUT2D eigenvalue weighted by Crippen LogP contribution is -1.90. The van der Waals surface area contributed by atoms with Crippen molar-refractivity contribution in [1.82, 2.24) is 9.78 Å². The Labute approximate surface area is 88.3 Å². The number of hydrogen-bond donors (Lipinski definition) is 1. The molecule has 1 heterocycles. The molecule has 2 aromatic rings. The molecule has 0 aliphatic carbocycles. The SMILES string of the molecule is Cc1cc(Oc2cnn(C)c2)ccc1N. The quantitative estimate of drug-likeness (QED) is 0.760. The third kappa shape index (κ3) is 2.10. The van der Waals surface area contributed by atoms with Gasteiger partial charge in [-0.25, -0.2) is 0 Å². The van der Waals surface area contributed by atoms with Crippen molar-refractivity contribution in [3.8, 4) is 11.5 Å². The molecule has 0 saturated carbocycles. The summed E-state index contributed by atoms with van der Waals surface area (Å²) >= 11 is 0. The molecular formula is C11H13N3O. The predicted octanol–water partition coefficient (Wildman–Crippen LogP) is 2.10. The van der Waals surface area contributed by atoms with Crippen LogP contribution >= 0.6 is 0 Å². The third-order valence-corrected chi connectivity index (χ3v) is 2.16. The number of nitrogen functional groups attached to an aromatic ring is 1. The van der Waals surface area contributed by atoms with Crippen molar-refractivity contribution < 1.29 is 4.74 Å². The van der Waals surface area contributed by atoms with Gasteiger partial charge in [0, 0.05) is 12.7 Å². The van der Waals surface area contributed by atoms with Crippen LogP contribution in [0.3, 0.4) is 0 Å². The van der Waals surface area contributed by atoms with Crippen LogP contribution in [-0.2, 0) is 7.05 Å². The molecule has 0 radical (unpaired) electrons. The number of anilines is 1. The van der Waals surface area contributed by atoms with E-state index in [0.29, 0.717) is 0 Å². The number of rotatable bonds is 2. The lowest BCUT2D eigenvalue weighted by molar-refractivity contribution is 0.481. The Morgan fingerprint density at radius 2 is 2.13 bits per heavy atom. The molecule has 4 heteroatoms. The van der Waals surface area contributed by atoms with Crippen LogP contribution in [0.1, 0.15) is 5.56 Å². The highest BCUT2D eigenvalue weighted by Crippen LogP contribution is 2.23. The molecule has 0 bridgehead atoms. The summed E-state index contributed by atoms with van der Waals surface area (Å²) in [4.78, 5) is 0. The highest BCUT2D eigenvalue weighted by atomic mass is 16.5. The van der Waals surface area contributed by atoms with E-state index in [1.165, 1.54) is 0 Å². The Bertz CT molecular complexity index is 476. The first-order valence-electron chi connectivity index (χ1n) is 4.68. The second kappa shape index (κ2) is 3.65. The number of nitrogens with zero attached hydrogens (tertiary/aromatic N) is 2. The van der Waals surface area contributed by atoms with Crippen molar-refractivity contribution in [3.63, 3.8) is 0 Å². The first kappa shape index (κ1) is 9.58. The van der Waals surface area contributed by atoms with Gasteiger partial charge in [0.25, 0.3) is 0 Å². The van der Waals surface area contributed by atoms with Gasteiger partial charge in [0.15, 0.2) is 5.75 Å². The minimum absolute atomic E-state index is 0.724. The average molecular weight is 203 g/mol. The Morgan fingerprint density at radius 1 is 1.33 bits per heavy atom. The summed E-state index contributed by atoms with van der Waals surface area (Å²) in [7, 11) is 1.85. The van der Waals surface area contributed by atoms with Crippen molar-refractivity contribution in [2.75, 3.05) is 5.73 Å². The fourth-order valence-electron chi connectivity index (χ4n) is 1.30. The number of nitrogens with two attached hydrogens (primary N) is 1. The van der Waals surface area contributed by atoms with Crippen LogP contribution < -0.4 is 10.5 Å². The Balaban J connectivity index is 2.21. The maximum Gasteiger partial charge on any atom is 0.165 e. The third-order valence-electron chi connectivity index (χ3n) is 2.16. The van der Waals surface area contributed by atoms with Crippen molar-refractivity contribution in [2.45, 2.75) is 6.92 Å². The highest BCUT2D eigenvalue weighted by molar-refractivity contribution is 5.50. The van der Waals surface area contributed by atoms with Crippen LogP contribution in [0.15, 0.2) is 30.6 Å². The molecule has 1 aromatic carbocycles. The Kier molecular flexibility index (Phi) is 2.33. The number of hydrogen-bond acceptors (Lipinski definition) is 3. The van der Waals surface area contributed by atoms with Crippen molar-refractivity contribution in [1.29, 1.82) is 0 Å². The number of benzene rings is 1. The van der Waals surface area contributed by atoms with E-state index in [-0.39, 0.29) is 0 Å². The second-order valence-corrected chi connectivity index (χ2v) is 3.47. The molecular weight excluding hydrogens is 190 g/mol. The fraction of sp³-hybridized carbons (Fsp3) is 0.182. The summed E-state index contributed by atoms with van der Waals surface area (Å²) in [6, 6.07) is 5.58. The minimum Gasteiger partial charge on any atom is -0.454 e. The predicted molar refractivity (Wildman–Crippen MR) is 58.9 cm³/mol.